The molecule has 0 radical (unpaired) electrons. The van der Waals surface area contributed by atoms with Crippen LogP contribution < -0.4 is 16.1 Å². The molecular weight excluding hydrogens is 336 g/mol. The molecule has 25 heavy (non-hydrogen) atoms. The minimum Gasteiger partial charge on any atom is -0.486 e. The van der Waals surface area contributed by atoms with Gasteiger partial charge < -0.3 is 10.6 Å². The second kappa shape index (κ2) is 6.50. The van der Waals surface area contributed by atoms with E-state index < -0.39 is 0 Å². The van der Waals surface area contributed by atoms with E-state index in [0.717, 1.165) is 46.9 Å². The van der Waals surface area contributed by atoms with Gasteiger partial charge in [-0.25, -0.2) is 9.66 Å². The summed E-state index contributed by atoms with van der Waals surface area (Å²) in [5.41, 5.74) is 0.941. The van der Waals surface area contributed by atoms with Gasteiger partial charge in [0.25, 0.3) is 5.56 Å². The number of rotatable bonds is 4. The topological polar surface area (TPSA) is 73.4 Å². The second-order valence-electron chi connectivity index (χ2n) is 6.11. The fraction of sp³-hybridized carbons (Fsp3) is 0.333. The zero-order chi connectivity index (χ0) is 17.4. The van der Waals surface area contributed by atoms with E-state index in [1.54, 1.807) is 11.3 Å². The molecule has 2 aromatic heterocycles. The number of hydrogen-bond donors (Lipinski definition) is 1. The molecule has 7 heteroatoms. The van der Waals surface area contributed by atoms with E-state index >= 15 is 0 Å². The monoisotopic (exact) mass is 356 g/mol. The Hall–Kier alpha value is -2.38. The molecular formula is C18H20N4O2S. The third-order valence-corrected chi connectivity index (χ3v) is 5.73. The molecule has 0 fully saturated rings. The first-order valence-electron chi connectivity index (χ1n) is 8.38. The van der Waals surface area contributed by atoms with Gasteiger partial charge in [-0.05, 0) is 30.7 Å². The summed E-state index contributed by atoms with van der Waals surface area (Å²) in [6.45, 7) is 5.18. The van der Waals surface area contributed by atoms with Gasteiger partial charge in [0.05, 0.1) is 5.39 Å². The number of likely N-dealkylation sites (N-methyl/N-ethyl adjacent to an activating group) is 1. The van der Waals surface area contributed by atoms with Crippen molar-refractivity contribution in [2.45, 2.75) is 26.5 Å². The first kappa shape index (κ1) is 16.1. The third kappa shape index (κ3) is 2.89. The van der Waals surface area contributed by atoms with E-state index in [4.69, 9.17) is 10.6 Å². The number of nitrogen functional groups attached to an aromatic ring is 1. The number of hydrogen-bond acceptors (Lipinski definition) is 6. The molecule has 0 atom stereocenters. The molecule has 0 aliphatic carbocycles. The Bertz CT molecular complexity index is 965. The van der Waals surface area contributed by atoms with Crippen molar-refractivity contribution >= 4 is 21.6 Å². The fourth-order valence-electron chi connectivity index (χ4n) is 3.19. The molecule has 3 aromatic rings. The van der Waals surface area contributed by atoms with E-state index in [1.807, 2.05) is 30.3 Å². The summed E-state index contributed by atoms with van der Waals surface area (Å²) in [5, 5.41) is 0.682. The van der Waals surface area contributed by atoms with Crippen LogP contribution in [0.15, 0.2) is 35.1 Å². The summed E-state index contributed by atoms with van der Waals surface area (Å²) in [4.78, 5) is 21.8. The molecule has 0 unspecified atom stereocenters. The number of thiophene rings is 1. The number of fused-ring (bicyclic) bond motifs is 3. The molecule has 1 aliphatic heterocycles. The summed E-state index contributed by atoms with van der Waals surface area (Å²) in [5.74, 6) is 7.17. The van der Waals surface area contributed by atoms with Gasteiger partial charge in [-0.15, -0.1) is 11.3 Å². The molecule has 0 spiro atoms. The summed E-state index contributed by atoms with van der Waals surface area (Å²) in [7, 11) is 0. The SMILES string of the molecule is CCN1CCc2c(sc3nc(COc4ccccc4)n(N)c(=O)c23)C1. The third-order valence-electron chi connectivity index (χ3n) is 4.62. The zero-order valence-corrected chi connectivity index (χ0v) is 14.9. The fourth-order valence-corrected chi connectivity index (χ4v) is 4.46. The molecule has 2 N–H and O–H groups in total. The number of aromatic nitrogens is 2. The van der Waals surface area contributed by atoms with Crippen LogP contribution in [0.4, 0.5) is 0 Å². The van der Waals surface area contributed by atoms with Gasteiger partial charge in [0.2, 0.25) is 0 Å². The number of nitrogens with two attached hydrogens (primary N) is 1. The number of nitrogens with zero attached hydrogens (tertiary/aromatic N) is 3. The Morgan fingerprint density at radius 3 is 2.88 bits per heavy atom. The van der Waals surface area contributed by atoms with Crippen LogP contribution in [0.5, 0.6) is 5.75 Å². The minimum atomic E-state index is -0.181. The lowest BCUT2D eigenvalue weighted by Gasteiger charge is -2.24. The molecule has 130 valence electrons. The predicted molar refractivity (Wildman–Crippen MR) is 99.5 cm³/mol. The van der Waals surface area contributed by atoms with Crippen molar-refractivity contribution in [3.05, 3.63) is 57.0 Å². The van der Waals surface area contributed by atoms with Crippen molar-refractivity contribution in [2.24, 2.45) is 0 Å². The summed E-state index contributed by atoms with van der Waals surface area (Å²) < 4.78 is 6.84. The molecule has 0 amide bonds. The molecule has 1 aliphatic rings. The van der Waals surface area contributed by atoms with Crippen LogP contribution in [0, 0.1) is 0 Å². The normalized spacial score (nSPS) is 14.6. The maximum absolute atomic E-state index is 12.8. The second-order valence-corrected chi connectivity index (χ2v) is 7.19. The van der Waals surface area contributed by atoms with Gasteiger partial charge in [-0.2, -0.15) is 0 Å². The van der Waals surface area contributed by atoms with Gasteiger partial charge >= 0.3 is 0 Å². The Kier molecular flexibility index (Phi) is 4.19. The van der Waals surface area contributed by atoms with Crippen LogP contribution in [-0.2, 0) is 19.6 Å². The van der Waals surface area contributed by atoms with Gasteiger partial charge in [0.15, 0.2) is 5.82 Å². The highest BCUT2D eigenvalue weighted by Gasteiger charge is 2.24. The molecule has 0 bridgehead atoms. The number of benzene rings is 1. The highest BCUT2D eigenvalue weighted by Crippen LogP contribution is 2.32. The molecule has 4 rings (SSSR count). The summed E-state index contributed by atoms with van der Waals surface area (Å²) >= 11 is 1.60. The van der Waals surface area contributed by atoms with Crippen LogP contribution in [0.25, 0.3) is 10.2 Å². The van der Waals surface area contributed by atoms with E-state index in [2.05, 4.69) is 16.8 Å². The van der Waals surface area contributed by atoms with Gasteiger partial charge in [-0.1, -0.05) is 25.1 Å². The van der Waals surface area contributed by atoms with Crippen molar-refractivity contribution < 1.29 is 4.74 Å². The lowest BCUT2D eigenvalue weighted by molar-refractivity contribution is 0.272. The first-order valence-corrected chi connectivity index (χ1v) is 9.20. The van der Waals surface area contributed by atoms with Crippen LogP contribution in [0.2, 0.25) is 0 Å². The standard InChI is InChI=1S/C18H20N4O2S/c1-2-21-9-8-13-14(10-21)25-17-16(13)18(23)22(19)15(20-17)11-24-12-6-4-3-5-7-12/h3-7H,2,8-11,19H2,1H3. The highest BCUT2D eigenvalue weighted by atomic mass is 32.1. The van der Waals surface area contributed by atoms with Crippen LogP contribution >= 0.6 is 11.3 Å². The summed E-state index contributed by atoms with van der Waals surface area (Å²) in [6, 6.07) is 9.44. The zero-order valence-electron chi connectivity index (χ0n) is 14.1. The van der Waals surface area contributed by atoms with Crippen LogP contribution in [0.3, 0.4) is 0 Å². The smallest absolute Gasteiger partial charge is 0.281 e. The minimum absolute atomic E-state index is 0.162. The van der Waals surface area contributed by atoms with Gasteiger partial charge in [0, 0.05) is 18.0 Å². The molecule has 1 aromatic carbocycles. The van der Waals surface area contributed by atoms with E-state index in [1.165, 1.54) is 4.88 Å². The van der Waals surface area contributed by atoms with Gasteiger partial charge in [0.1, 0.15) is 17.2 Å². The quantitative estimate of drug-likeness (QED) is 0.725. The lowest BCUT2D eigenvalue weighted by Crippen LogP contribution is -2.33. The highest BCUT2D eigenvalue weighted by molar-refractivity contribution is 7.18. The maximum Gasteiger partial charge on any atom is 0.281 e. The van der Waals surface area contributed by atoms with E-state index in [0.29, 0.717) is 11.2 Å². The Labute approximate surface area is 149 Å². The van der Waals surface area contributed by atoms with Crippen molar-refractivity contribution in [3.8, 4) is 5.75 Å². The number of para-hydroxylation sites is 1. The Morgan fingerprint density at radius 2 is 2.12 bits per heavy atom. The molecule has 0 saturated heterocycles. The maximum atomic E-state index is 12.8. The van der Waals surface area contributed by atoms with E-state index in [9.17, 15) is 4.79 Å². The predicted octanol–water partition coefficient (Wildman–Crippen LogP) is 2.13. The lowest BCUT2D eigenvalue weighted by atomic mass is 10.1. The van der Waals surface area contributed by atoms with Crippen molar-refractivity contribution in [1.29, 1.82) is 0 Å². The Balaban J connectivity index is 1.70. The van der Waals surface area contributed by atoms with Crippen LogP contribution in [0.1, 0.15) is 23.2 Å². The largest absolute Gasteiger partial charge is 0.486 e. The molecule has 0 saturated carbocycles. The average molecular weight is 356 g/mol. The average Bonchev–Trinajstić information content (AvgIpc) is 3.01. The van der Waals surface area contributed by atoms with Crippen molar-refractivity contribution in [3.63, 3.8) is 0 Å². The van der Waals surface area contributed by atoms with Gasteiger partial charge in [-0.3, -0.25) is 9.69 Å². The van der Waals surface area contributed by atoms with E-state index in [-0.39, 0.29) is 12.2 Å². The Morgan fingerprint density at radius 1 is 1.32 bits per heavy atom. The molecule has 6 nitrogen and oxygen atoms in total. The number of ether oxygens (including phenoxy) is 1. The van der Waals surface area contributed by atoms with Crippen LogP contribution in [-0.4, -0.2) is 27.6 Å². The summed E-state index contributed by atoms with van der Waals surface area (Å²) in [6.07, 6.45) is 0.875. The molecule has 3 heterocycles. The first-order chi connectivity index (χ1) is 12.2. The van der Waals surface area contributed by atoms with Crippen molar-refractivity contribution in [1.82, 2.24) is 14.6 Å². The van der Waals surface area contributed by atoms with Crippen molar-refractivity contribution in [2.75, 3.05) is 18.9 Å².